The van der Waals surface area contributed by atoms with Crippen LogP contribution in [0.4, 0.5) is 4.79 Å². The lowest BCUT2D eigenvalue weighted by atomic mass is 10.0. The van der Waals surface area contributed by atoms with Crippen molar-refractivity contribution >= 4 is 12.1 Å². The number of aryl methyl sites for hydroxylation is 1. The van der Waals surface area contributed by atoms with Gasteiger partial charge in [-0.1, -0.05) is 24.3 Å². The molecular formula is C25H29NO7. The average molecular weight is 456 g/mol. The molecule has 8 heteroatoms. The number of amides is 1. The highest BCUT2D eigenvalue weighted by atomic mass is 16.6. The molecule has 0 saturated carbocycles. The molecule has 2 aromatic carbocycles. The van der Waals surface area contributed by atoms with Crippen LogP contribution in [0.15, 0.2) is 42.5 Å². The fraction of sp³-hybridized carbons (Fsp3) is 0.360. The molecule has 0 radical (unpaired) electrons. The summed E-state index contributed by atoms with van der Waals surface area (Å²) in [5.74, 6) is 1.23. The molecule has 2 aromatic rings. The topological polar surface area (TPSA) is 83.5 Å². The third-order valence-corrected chi connectivity index (χ3v) is 5.49. The first-order chi connectivity index (χ1) is 15.9. The number of ether oxygens (including phenoxy) is 5. The number of benzene rings is 2. The SMILES string of the molecule is COC(=O)c1cc(C/C=C\C(c2ccc(OC)c(OC)c2)N2CCOC2=O)cc(C)c1OC. The molecule has 1 atom stereocenters. The molecule has 0 aromatic heterocycles. The Balaban J connectivity index is 1.91. The number of carbonyl (C=O) groups is 2. The van der Waals surface area contributed by atoms with Crippen LogP contribution in [0.1, 0.15) is 33.1 Å². The number of carbonyl (C=O) groups excluding carboxylic acids is 2. The van der Waals surface area contributed by atoms with E-state index in [1.165, 1.54) is 14.2 Å². The van der Waals surface area contributed by atoms with E-state index in [4.69, 9.17) is 23.7 Å². The highest BCUT2D eigenvalue weighted by Gasteiger charge is 2.29. The summed E-state index contributed by atoms with van der Waals surface area (Å²) in [6.45, 7) is 2.71. The van der Waals surface area contributed by atoms with Crippen LogP contribution in [-0.2, 0) is 15.9 Å². The van der Waals surface area contributed by atoms with Gasteiger partial charge in [0, 0.05) is 0 Å². The first kappa shape index (κ1) is 24.0. The first-order valence-electron chi connectivity index (χ1n) is 10.5. The van der Waals surface area contributed by atoms with Gasteiger partial charge < -0.3 is 23.7 Å². The minimum Gasteiger partial charge on any atom is -0.496 e. The van der Waals surface area contributed by atoms with Gasteiger partial charge in [0.15, 0.2) is 11.5 Å². The quantitative estimate of drug-likeness (QED) is 0.416. The van der Waals surface area contributed by atoms with Gasteiger partial charge in [-0.25, -0.2) is 9.59 Å². The Morgan fingerprint density at radius 1 is 1.09 bits per heavy atom. The lowest BCUT2D eigenvalue weighted by molar-refractivity contribution is 0.0596. The normalized spacial score (nSPS) is 14.2. The number of cyclic esters (lactones) is 1. The molecule has 0 spiro atoms. The zero-order valence-electron chi connectivity index (χ0n) is 19.5. The summed E-state index contributed by atoms with van der Waals surface area (Å²) in [5.41, 5.74) is 3.00. The van der Waals surface area contributed by atoms with E-state index in [0.717, 1.165) is 16.7 Å². The molecule has 1 heterocycles. The van der Waals surface area contributed by atoms with Gasteiger partial charge in [0.1, 0.15) is 17.9 Å². The summed E-state index contributed by atoms with van der Waals surface area (Å²) in [6.07, 6.45) is 4.09. The van der Waals surface area contributed by atoms with E-state index in [2.05, 4.69) is 0 Å². The van der Waals surface area contributed by atoms with Crippen LogP contribution < -0.4 is 14.2 Å². The monoisotopic (exact) mass is 455 g/mol. The van der Waals surface area contributed by atoms with Gasteiger partial charge in [-0.15, -0.1) is 0 Å². The van der Waals surface area contributed by atoms with E-state index < -0.39 is 5.97 Å². The van der Waals surface area contributed by atoms with Crippen molar-refractivity contribution in [3.8, 4) is 17.2 Å². The number of allylic oxidation sites excluding steroid dienone is 1. The molecule has 8 nitrogen and oxygen atoms in total. The maximum absolute atomic E-state index is 12.3. The van der Waals surface area contributed by atoms with E-state index in [1.54, 1.807) is 25.2 Å². The predicted octanol–water partition coefficient (Wildman–Crippen LogP) is 4.10. The number of esters is 1. The van der Waals surface area contributed by atoms with Crippen LogP contribution in [0.2, 0.25) is 0 Å². The molecule has 0 bridgehead atoms. The third-order valence-electron chi connectivity index (χ3n) is 5.49. The molecule has 1 fully saturated rings. The number of hydrogen-bond acceptors (Lipinski definition) is 7. The molecule has 1 amide bonds. The van der Waals surface area contributed by atoms with Crippen molar-refractivity contribution in [1.82, 2.24) is 4.90 Å². The van der Waals surface area contributed by atoms with Crippen molar-refractivity contribution < 1.29 is 33.3 Å². The smallest absolute Gasteiger partial charge is 0.410 e. The number of rotatable bonds is 9. The number of methoxy groups -OCH3 is 4. The molecule has 0 aliphatic carbocycles. The Morgan fingerprint density at radius 3 is 2.45 bits per heavy atom. The van der Waals surface area contributed by atoms with Gasteiger partial charge in [0.2, 0.25) is 0 Å². The van der Waals surface area contributed by atoms with E-state index in [1.807, 2.05) is 43.3 Å². The second-order valence-electron chi connectivity index (χ2n) is 7.48. The van der Waals surface area contributed by atoms with E-state index in [0.29, 0.717) is 42.4 Å². The maximum atomic E-state index is 12.3. The Bertz CT molecular complexity index is 1050. The van der Waals surface area contributed by atoms with Crippen molar-refractivity contribution in [3.63, 3.8) is 0 Å². The molecular weight excluding hydrogens is 426 g/mol. The van der Waals surface area contributed by atoms with Crippen LogP contribution >= 0.6 is 0 Å². The summed E-state index contributed by atoms with van der Waals surface area (Å²) in [4.78, 5) is 26.2. The largest absolute Gasteiger partial charge is 0.496 e. The number of hydrogen-bond donors (Lipinski definition) is 0. The maximum Gasteiger partial charge on any atom is 0.410 e. The van der Waals surface area contributed by atoms with Crippen molar-refractivity contribution in [2.45, 2.75) is 19.4 Å². The van der Waals surface area contributed by atoms with Crippen LogP contribution in [0.3, 0.4) is 0 Å². The molecule has 33 heavy (non-hydrogen) atoms. The summed E-state index contributed by atoms with van der Waals surface area (Å²) >= 11 is 0. The van der Waals surface area contributed by atoms with E-state index in [-0.39, 0.29) is 12.1 Å². The molecule has 1 aliphatic heterocycles. The molecule has 3 rings (SSSR count). The standard InChI is InChI=1S/C25H29NO7/c1-16-13-17(14-19(23(16)31-4)24(27)32-5)7-6-8-20(26-11-12-33-25(26)28)18-9-10-21(29-2)22(15-18)30-3/h6,8-10,13-15,20H,7,11-12H2,1-5H3/b8-6-. The van der Waals surface area contributed by atoms with Crippen LogP contribution in [-0.4, -0.2) is 58.6 Å². The average Bonchev–Trinajstić information content (AvgIpc) is 3.25. The zero-order valence-corrected chi connectivity index (χ0v) is 19.5. The lowest BCUT2D eigenvalue weighted by Gasteiger charge is -2.24. The minimum atomic E-state index is -0.455. The Hall–Kier alpha value is -3.68. The van der Waals surface area contributed by atoms with E-state index in [9.17, 15) is 9.59 Å². The van der Waals surface area contributed by atoms with Crippen molar-refractivity contribution in [1.29, 1.82) is 0 Å². The second-order valence-corrected chi connectivity index (χ2v) is 7.48. The summed E-state index contributed by atoms with van der Waals surface area (Å²) in [5, 5.41) is 0. The molecule has 1 unspecified atom stereocenters. The van der Waals surface area contributed by atoms with Crippen LogP contribution in [0, 0.1) is 6.92 Å². The first-order valence-corrected chi connectivity index (χ1v) is 10.5. The minimum absolute atomic E-state index is 0.344. The molecule has 0 N–H and O–H groups in total. The van der Waals surface area contributed by atoms with Gasteiger partial charge in [0.05, 0.1) is 41.0 Å². The third kappa shape index (κ3) is 5.22. The van der Waals surface area contributed by atoms with Gasteiger partial charge in [0.25, 0.3) is 0 Å². The summed E-state index contributed by atoms with van der Waals surface area (Å²) < 4.78 is 26.2. The van der Waals surface area contributed by atoms with Crippen molar-refractivity contribution in [2.24, 2.45) is 0 Å². The van der Waals surface area contributed by atoms with E-state index >= 15 is 0 Å². The van der Waals surface area contributed by atoms with Crippen LogP contribution in [0.5, 0.6) is 17.2 Å². The lowest BCUT2D eigenvalue weighted by Crippen LogP contribution is -2.28. The predicted molar refractivity (Wildman–Crippen MR) is 122 cm³/mol. The van der Waals surface area contributed by atoms with Gasteiger partial charge in [-0.05, 0) is 48.2 Å². The fourth-order valence-corrected chi connectivity index (χ4v) is 3.92. The van der Waals surface area contributed by atoms with Crippen molar-refractivity contribution in [3.05, 3.63) is 64.7 Å². The Kier molecular flexibility index (Phi) is 7.82. The molecule has 1 saturated heterocycles. The highest BCUT2D eigenvalue weighted by molar-refractivity contribution is 5.93. The Labute approximate surface area is 193 Å². The Morgan fingerprint density at radius 2 is 1.85 bits per heavy atom. The highest BCUT2D eigenvalue weighted by Crippen LogP contribution is 2.34. The zero-order chi connectivity index (χ0) is 24.0. The fourth-order valence-electron chi connectivity index (χ4n) is 3.92. The number of nitrogens with zero attached hydrogens (tertiary/aromatic N) is 1. The summed E-state index contributed by atoms with van der Waals surface area (Å²) in [6, 6.07) is 8.94. The molecule has 1 aliphatic rings. The van der Waals surface area contributed by atoms with Gasteiger partial charge in [-0.3, -0.25) is 4.90 Å². The van der Waals surface area contributed by atoms with Gasteiger partial charge in [-0.2, -0.15) is 0 Å². The second kappa shape index (κ2) is 10.8. The van der Waals surface area contributed by atoms with Crippen LogP contribution in [0.25, 0.3) is 0 Å². The van der Waals surface area contributed by atoms with Crippen molar-refractivity contribution in [2.75, 3.05) is 41.6 Å². The molecule has 176 valence electrons. The summed E-state index contributed by atoms with van der Waals surface area (Å²) in [7, 11) is 6.01. The van der Waals surface area contributed by atoms with Gasteiger partial charge >= 0.3 is 12.1 Å².